The third-order valence-electron chi connectivity index (χ3n) is 7.20. The first-order chi connectivity index (χ1) is 14.6. The van der Waals surface area contributed by atoms with E-state index in [0.717, 1.165) is 23.6 Å². The Kier molecular flexibility index (Phi) is 4.82. The monoisotopic (exact) mass is 406 g/mol. The molecule has 1 aliphatic heterocycles. The molecular formula is C24H26N2O4. The highest BCUT2D eigenvalue weighted by molar-refractivity contribution is 6.06. The van der Waals surface area contributed by atoms with Crippen molar-refractivity contribution >= 4 is 28.6 Å². The number of esters is 1. The summed E-state index contributed by atoms with van der Waals surface area (Å²) >= 11 is 0. The lowest BCUT2D eigenvalue weighted by Crippen LogP contribution is -2.50. The van der Waals surface area contributed by atoms with Crippen molar-refractivity contribution in [2.45, 2.75) is 31.8 Å². The molecule has 6 nitrogen and oxygen atoms in total. The number of carbonyl (C=O) groups is 3. The van der Waals surface area contributed by atoms with Crippen molar-refractivity contribution in [3.05, 3.63) is 48.0 Å². The molecule has 6 rings (SSSR count). The van der Waals surface area contributed by atoms with Crippen molar-refractivity contribution in [2.75, 3.05) is 13.1 Å². The summed E-state index contributed by atoms with van der Waals surface area (Å²) < 4.78 is 5.99. The lowest BCUT2D eigenvalue weighted by atomic mass is 9.58. The average Bonchev–Trinajstić information content (AvgIpc) is 3.04. The van der Waals surface area contributed by atoms with E-state index in [1.807, 2.05) is 36.4 Å². The summed E-state index contributed by atoms with van der Waals surface area (Å²) in [6, 6.07) is 13.4. The van der Waals surface area contributed by atoms with Crippen molar-refractivity contribution < 1.29 is 19.1 Å². The maximum atomic E-state index is 13.0. The number of carbonyl (C=O) groups excluding carboxylic acids is 3. The molecule has 156 valence electrons. The zero-order valence-electron chi connectivity index (χ0n) is 16.8. The van der Waals surface area contributed by atoms with Crippen molar-refractivity contribution in [3.63, 3.8) is 0 Å². The molecule has 2 N–H and O–H groups in total. The molecule has 0 aromatic heterocycles. The number of hydrogen-bond donors (Lipinski definition) is 1. The van der Waals surface area contributed by atoms with Gasteiger partial charge < -0.3 is 10.5 Å². The Hall–Kier alpha value is -2.73. The molecule has 2 aromatic rings. The van der Waals surface area contributed by atoms with Gasteiger partial charge in [0.05, 0.1) is 17.4 Å². The van der Waals surface area contributed by atoms with Gasteiger partial charge in [0.2, 0.25) is 11.8 Å². The van der Waals surface area contributed by atoms with Gasteiger partial charge in [-0.1, -0.05) is 36.4 Å². The molecule has 0 spiro atoms. The van der Waals surface area contributed by atoms with Gasteiger partial charge in [-0.2, -0.15) is 0 Å². The van der Waals surface area contributed by atoms with Crippen LogP contribution in [-0.4, -0.2) is 41.9 Å². The zero-order valence-corrected chi connectivity index (χ0v) is 16.8. The second-order valence-electron chi connectivity index (χ2n) is 8.73. The minimum absolute atomic E-state index is 0.0491. The van der Waals surface area contributed by atoms with Gasteiger partial charge >= 0.3 is 5.97 Å². The van der Waals surface area contributed by atoms with Crippen LogP contribution in [0.3, 0.4) is 0 Å². The molecule has 2 bridgehead atoms. The minimum Gasteiger partial charge on any atom is -0.458 e. The Labute approximate surface area is 175 Å². The molecule has 0 radical (unpaired) electrons. The smallest absolute Gasteiger partial charge is 0.339 e. The zero-order chi connectivity index (χ0) is 20.8. The number of hydrogen-bond acceptors (Lipinski definition) is 5. The standard InChI is InChI=1S/C24H26N2O4/c25-11-4-12-26-22(27)20-15-9-10-18(21(20)23(26)28)19(13-15)30-24(29)17-8-3-6-14-5-1-2-7-16(14)17/h1-3,5-8,15,18-21H,4,9-13,25H2. The van der Waals surface area contributed by atoms with Crippen molar-refractivity contribution in [2.24, 2.45) is 29.4 Å². The second kappa shape index (κ2) is 7.51. The van der Waals surface area contributed by atoms with E-state index in [1.165, 1.54) is 4.90 Å². The number of rotatable bonds is 5. The van der Waals surface area contributed by atoms with E-state index in [0.29, 0.717) is 31.5 Å². The summed E-state index contributed by atoms with van der Waals surface area (Å²) in [5.41, 5.74) is 6.12. The van der Waals surface area contributed by atoms with Crippen LogP contribution >= 0.6 is 0 Å². The first kappa shape index (κ1) is 19.2. The van der Waals surface area contributed by atoms with Crippen LogP contribution in [0.2, 0.25) is 0 Å². The fourth-order valence-corrected chi connectivity index (χ4v) is 5.85. The number of nitrogens with two attached hydrogens (primary N) is 1. The topological polar surface area (TPSA) is 89.7 Å². The highest BCUT2D eigenvalue weighted by atomic mass is 16.5. The molecule has 30 heavy (non-hydrogen) atoms. The maximum absolute atomic E-state index is 13.0. The van der Waals surface area contributed by atoms with Gasteiger partial charge in [0.1, 0.15) is 6.10 Å². The number of fused-ring (bicyclic) bond motifs is 3. The van der Waals surface area contributed by atoms with E-state index in [-0.39, 0.29) is 47.6 Å². The van der Waals surface area contributed by atoms with Crippen LogP contribution in [0.15, 0.2) is 42.5 Å². The summed E-state index contributed by atoms with van der Waals surface area (Å²) in [6.45, 7) is 0.839. The molecule has 6 heteroatoms. The third-order valence-corrected chi connectivity index (χ3v) is 7.20. The summed E-state index contributed by atoms with van der Waals surface area (Å²) in [6.07, 6.45) is 2.70. The fraction of sp³-hybridized carbons (Fsp3) is 0.458. The van der Waals surface area contributed by atoms with E-state index < -0.39 is 0 Å². The fourth-order valence-electron chi connectivity index (χ4n) is 5.85. The molecular weight excluding hydrogens is 380 g/mol. The van der Waals surface area contributed by atoms with E-state index in [1.54, 1.807) is 6.07 Å². The largest absolute Gasteiger partial charge is 0.458 e. The van der Waals surface area contributed by atoms with E-state index in [9.17, 15) is 14.4 Å². The molecule has 1 heterocycles. The number of nitrogens with zero attached hydrogens (tertiary/aromatic N) is 1. The lowest BCUT2D eigenvalue weighted by molar-refractivity contribution is -0.140. The Bertz CT molecular complexity index is 1010. The van der Waals surface area contributed by atoms with Crippen LogP contribution in [0, 0.1) is 23.7 Å². The second-order valence-corrected chi connectivity index (χ2v) is 8.73. The Balaban J connectivity index is 1.38. The van der Waals surface area contributed by atoms with E-state index >= 15 is 0 Å². The molecule has 3 aliphatic carbocycles. The number of benzene rings is 2. The normalized spacial score (nSPS) is 30.0. The SMILES string of the molecule is NCCCN1C(=O)C2C3CCC(C(OC(=O)c4cccc5ccccc45)C3)C2C1=O. The Morgan fingerprint density at radius 2 is 1.80 bits per heavy atom. The van der Waals surface area contributed by atoms with Gasteiger partial charge in [0.25, 0.3) is 0 Å². The van der Waals surface area contributed by atoms with Gasteiger partial charge in [-0.05, 0) is 55.0 Å². The molecule has 4 aliphatic rings. The van der Waals surface area contributed by atoms with Gasteiger partial charge in [0.15, 0.2) is 0 Å². The van der Waals surface area contributed by atoms with Crippen LogP contribution < -0.4 is 5.73 Å². The van der Waals surface area contributed by atoms with Crippen molar-refractivity contribution in [1.29, 1.82) is 0 Å². The number of likely N-dealkylation sites (tertiary alicyclic amines) is 1. The molecule has 2 amide bonds. The summed E-state index contributed by atoms with van der Waals surface area (Å²) in [4.78, 5) is 40.4. The molecule has 2 aromatic carbocycles. The average molecular weight is 406 g/mol. The highest BCUT2D eigenvalue weighted by Crippen LogP contribution is 2.54. The van der Waals surface area contributed by atoms with Gasteiger partial charge in [-0.15, -0.1) is 0 Å². The van der Waals surface area contributed by atoms with Gasteiger partial charge in [0, 0.05) is 12.5 Å². The molecule has 3 saturated carbocycles. The maximum Gasteiger partial charge on any atom is 0.339 e. The first-order valence-electron chi connectivity index (χ1n) is 10.8. The molecule has 4 fully saturated rings. The Morgan fingerprint density at radius 3 is 2.63 bits per heavy atom. The van der Waals surface area contributed by atoms with Crippen LogP contribution in [0.5, 0.6) is 0 Å². The number of imide groups is 1. The Morgan fingerprint density at radius 1 is 1.03 bits per heavy atom. The highest BCUT2D eigenvalue weighted by Gasteiger charge is 2.61. The first-order valence-corrected chi connectivity index (χ1v) is 10.8. The van der Waals surface area contributed by atoms with Gasteiger partial charge in [-0.25, -0.2) is 4.79 Å². The van der Waals surface area contributed by atoms with Crippen molar-refractivity contribution in [3.8, 4) is 0 Å². The van der Waals surface area contributed by atoms with Crippen LogP contribution in [0.4, 0.5) is 0 Å². The minimum atomic E-state index is -0.354. The van der Waals surface area contributed by atoms with Crippen LogP contribution in [0.25, 0.3) is 10.8 Å². The molecule has 1 saturated heterocycles. The third kappa shape index (κ3) is 2.93. The van der Waals surface area contributed by atoms with Gasteiger partial charge in [-0.3, -0.25) is 14.5 Å². The lowest BCUT2D eigenvalue weighted by Gasteiger charge is -2.47. The van der Waals surface area contributed by atoms with Crippen LogP contribution in [-0.2, 0) is 14.3 Å². The quantitative estimate of drug-likeness (QED) is 0.609. The summed E-state index contributed by atoms with van der Waals surface area (Å²) in [7, 11) is 0. The van der Waals surface area contributed by atoms with E-state index in [2.05, 4.69) is 0 Å². The number of ether oxygens (including phenoxy) is 1. The predicted octanol–water partition coefficient (Wildman–Crippen LogP) is 2.75. The summed E-state index contributed by atoms with van der Waals surface area (Å²) in [5.74, 6) is -1.08. The van der Waals surface area contributed by atoms with Crippen LogP contribution in [0.1, 0.15) is 36.0 Å². The summed E-state index contributed by atoms with van der Waals surface area (Å²) in [5, 5.41) is 1.85. The molecule has 5 atom stereocenters. The number of amides is 2. The van der Waals surface area contributed by atoms with E-state index in [4.69, 9.17) is 10.5 Å². The molecule has 5 unspecified atom stereocenters. The predicted molar refractivity (Wildman–Crippen MR) is 111 cm³/mol. The van der Waals surface area contributed by atoms with Crippen molar-refractivity contribution in [1.82, 2.24) is 4.90 Å².